The highest BCUT2D eigenvalue weighted by atomic mass is 35.5. The van der Waals surface area contributed by atoms with Gasteiger partial charge >= 0.3 is 0 Å². The Morgan fingerprint density at radius 1 is 0.939 bits per heavy atom. The topological polar surface area (TPSA) is 96.1 Å². The zero-order chi connectivity index (χ0) is 23.2. The summed E-state index contributed by atoms with van der Waals surface area (Å²) in [6.45, 7) is 0.0409. The van der Waals surface area contributed by atoms with Gasteiger partial charge in [0.25, 0.3) is 5.91 Å². The van der Waals surface area contributed by atoms with Gasteiger partial charge in [-0.25, -0.2) is 0 Å². The molecule has 0 atom stereocenters. The van der Waals surface area contributed by atoms with Crippen molar-refractivity contribution in [1.82, 2.24) is 9.88 Å². The molecule has 3 aromatic carbocycles. The molecular weight excluding hydrogens is 440 g/mol. The molecule has 0 saturated heterocycles. The molecule has 0 fully saturated rings. The predicted molar refractivity (Wildman–Crippen MR) is 127 cm³/mol. The van der Waals surface area contributed by atoms with E-state index in [0.29, 0.717) is 17.0 Å². The SMILES string of the molecule is O=C(CNC(=O)Cc1ccccc1)N=Nc1c(O)n(Cc2ccccc2Cl)c2ccccc12. The highest BCUT2D eigenvalue weighted by Crippen LogP contribution is 2.39. The van der Waals surface area contributed by atoms with Crippen LogP contribution < -0.4 is 5.32 Å². The Bertz CT molecular complexity index is 1330. The number of halogens is 1. The van der Waals surface area contributed by atoms with E-state index in [0.717, 1.165) is 16.6 Å². The molecule has 0 aliphatic rings. The Labute approximate surface area is 195 Å². The number of carbonyl (C=O) groups is 2. The van der Waals surface area contributed by atoms with Crippen molar-refractivity contribution in [3.8, 4) is 5.88 Å². The van der Waals surface area contributed by atoms with Crippen LogP contribution in [0, 0.1) is 0 Å². The number of aromatic hydroxyl groups is 1. The average molecular weight is 461 g/mol. The molecule has 33 heavy (non-hydrogen) atoms. The van der Waals surface area contributed by atoms with Crippen LogP contribution in [0.1, 0.15) is 11.1 Å². The summed E-state index contributed by atoms with van der Waals surface area (Å²) in [5.74, 6) is -1.04. The van der Waals surface area contributed by atoms with Crippen LogP contribution in [0.25, 0.3) is 10.9 Å². The Balaban J connectivity index is 1.49. The molecular formula is C25H21ClN4O3. The molecule has 8 heteroatoms. The summed E-state index contributed by atoms with van der Waals surface area (Å²) in [6, 6.07) is 23.9. The van der Waals surface area contributed by atoms with Gasteiger partial charge in [0.1, 0.15) is 6.54 Å². The fourth-order valence-electron chi connectivity index (χ4n) is 3.49. The number of amides is 2. The van der Waals surface area contributed by atoms with E-state index in [1.54, 1.807) is 16.7 Å². The Morgan fingerprint density at radius 2 is 1.64 bits per heavy atom. The summed E-state index contributed by atoms with van der Waals surface area (Å²) >= 11 is 6.28. The van der Waals surface area contributed by atoms with E-state index in [-0.39, 0.29) is 30.4 Å². The molecule has 2 amide bonds. The van der Waals surface area contributed by atoms with Gasteiger partial charge < -0.3 is 15.0 Å². The molecule has 0 unspecified atom stereocenters. The number of hydrogen-bond acceptors (Lipinski definition) is 4. The van der Waals surface area contributed by atoms with Crippen LogP contribution in [-0.2, 0) is 22.6 Å². The number of benzene rings is 3. The molecule has 166 valence electrons. The number of carbonyl (C=O) groups excluding carboxylic acids is 2. The van der Waals surface area contributed by atoms with Gasteiger partial charge in [-0.1, -0.05) is 78.3 Å². The van der Waals surface area contributed by atoms with Crippen molar-refractivity contribution in [2.75, 3.05) is 6.54 Å². The van der Waals surface area contributed by atoms with Gasteiger partial charge in [-0.2, -0.15) is 0 Å². The Kier molecular flexibility index (Phi) is 6.80. The standard InChI is InChI=1S/C25H21ClN4O3/c26-20-12-6-4-10-18(20)16-30-21-13-7-5-11-19(21)24(25(30)33)29-28-23(32)15-27-22(31)14-17-8-2-1-3-9-17/h1-13,33H,14-16H2,(H,27,31). The first-order valence-electron chi connectivity index (χ1n) is 10.3. The molecule has 0 spiro atoms. The maximum atomic E-state index is 12.2. The van der Waals surface area contributed by atoms with E-state index in [1.807, 2.05) is 66.7 Å². The quantitative estimate of drug-likeness (QED) is 0.379. The molecule has 1 aromatic heterocycles. The van der Waals surface area contributed by atoms with Crippen molar-refractivity contribution < 1.29 is 14.7 Å². The first kappa shape index (κ1) is 22.2. The van der Waals surface area contributed by atoms with Crippen LogP contribution >= 0.6 is 11.6 Å². The van der Waals surface area contributed by atoms with Crippen molar-refractivity contribution in [2.24, 2.45) is 10.2 Å². The van der Waals surface area contributed by atoms with Gasteiger partial charge in [-0.15, -0.1) is 10.2 Å². The lowest BCUT2D eigenvalue weighted by Crippen LogP contribution is -2.29. The van der Waals surface area contributed by atoms with Crippen molar-refractivity contribution in [2.45, 2.75) is 13.0 Å². The fourth-order valence-corrected chi connectivity index (χ4v) is 3.68. The largest absolute Gasteiger partial charge is 0.493 e. The zero-order valence-corrected chi connectivity index (χ0v) is 18.4. The normalized spacial score (nSPS) is 11.2. The van der Waals surface area contributed by atoms with Crippen LogP contribution in [0.2, 0.25) is 5.02 Å². The Morgan fingerprint density at radius 3 is 2.42 bits per heavy atom. The number of aromatic nitrogens is 1. The molecule has 0 aliphatic carbocycles. The number of nitrogens with zero attached hydrogens (tertiary/aromatic N) is 3. The van der Waals surface area contributed by atoms with Crippen molar-refractivity contribution in [3.63, 3.8) is 0 Å². The lowest BCUT2D eigenvalue weighted by Gasteiger charge is -2.08. The molecule has 4 aromatic rings. The minimum atomic E-state index is -0.626. The van der Waals surface area contributed by atoms with Crippen LogP contribution in [0.4, 0.5) is 5.69 Å². The third-order valence-electron chi connectivity index (χ3n) is 5.11. The molecule has 0 radical (unpaired) electrons. The van der Waals surface area contributed by atoms with Crippen molar-refractivity contribution in [1.29, 1.82) is 0 Å². The summed E-state index contributed by atoms with van der Waals surface area (Å²) < 4.78 is 1.66. The summed E-state index contributed by atoms with van der Waals surface area (Å²) in [5, 5.41) is 22.3. The second-order valence-corrected chi connectivity index (χ2v) is 7.81. The molecule has 4 rings (SSSR count). The van der Waals surface area contributed by atoms with Gasteiger partial charge in [-0.3, -0.25) is 9.59 Å². The predicted octanol–water partition coefficient (Wildman–Crippen LogP) is 5.02. The van der Waals surface area contributed by atoms with Gasteiger partial charge in [-0.05, 0) is 23.3 Å². The summed E-state index contributed by atoms with van der Waals surface area (Å²) in [7, 11) is 0. The first-order chi connectivity index (χ1) is 16.0. The monoisotopic (exact) mass is 460 g/mol. The van der Waals surface area contributed by atoms with E-state index in [1.165, 1.54) is 0 Å². The smallest absolute Gasteiger partial charge is 0.283 e. The third-order valence-corrected chi connectivity index (χ3v) is 5.48. The second-order valence-electron chi connectivity index (χ2n) is 7.40. The number of fused-ring (bicyclic) bond motifs is 1. The molecule has 7 nitrogen and oxygen atoms in total. The lowest BCUT2D eigenvalue weighted by atomic mass is 10.1. The van der Waals surface area contributed by atoms with E-state index in [4.69, 9.17) is 11.6 Å². The number of rotatable bonds is 7. The molecule has 1 heterocycles. The molecule has 0 aliphatic heterocycles. The van der Waals surface area contributed by atoms with Gasteiger partial charge in [0, 0.05) is 10.4 Å². The van der Waals surface area contributed by atoms with Crippen molar-refractivity contribution >= 4 is 40.0 Å². The highest BCUT2D eigenvalue weighted by molar-refractivity contribution is 6.31. The van der Waals surface area contributed by atoms with Crippen molar-refractivity contribution in [3.05, 3.63) is 95.0 Å². The van der Waals surface area contributed by atoms with Crippen LogP contribution in [0.3, 0.4) is 0 Å². The zero-order valence-electron chi connectivity index (χ0n) is 17.6. The Hall–Kier alpha value is -3.97. The van der Waals surface area contributed by atoms with Gasteiger partial charge in [0.15, 0.2) is 5.69 Å². The minimum absolute atomic E-state index is 0.124. The molecule has 0 bridgehead atoms. The minimum Gasteiger partial charge on any atom is -0.493 e. The van der Waals surface area contributed by atoms with Crippen LogP contribution in [0.5, 0.6) is 5.88 Å². The van der Waals surface area contributed by atoms with Gasteiger partial charge in [0.05, 0.1) is 18.5 Å². The highest BCUT2D eigenvalue weighted by Gasteiger charge is 2.17. The lowest BCUT2D eigenvalue weighted by molar-refractivity contribution is -0.124. The summed E-state index contributed by atoms with van der Waals surface area (Å²) in [5.41, 5.74) is 2.59. The number of para-hydroxylation sites is 1. The second kappa shape index (κ2) is 10.1. The van der Waals surface area contributed by atoms with Crippen LogP contribution in [0.15, 0.2) is 89.1 Å². The fraction of sp³-hybridized carbons (Fsp3) is 0.120. The van der Waals surface area contributed by atoms with Crippen LogP contribution in [-0.4, -0.2) is 28.0 Å². The number of azo groups is 1. The number of nitrogens with one attached hydrogen (secondary N) is 1. The summed E-state index contributed by atoms with van der Waals surface area (Å²) in [6.07, 6.45) is 0.168. The molecule has 0 saturated carbocycles. The molecule has 2 N–H and O–H groups in total. The van der Waals surface area contributed by atoms with E-state index in [2.05, 4.69) is 15.5 Å². The van der Waals surface area contributed by atoms with E-state index >= 15 is 0 Å². The third kappa shape index (κ3) is 5.27. The average Bonchev–Trinajstić information content (AvgIpc) is 3.09. The summed E-state index contributed by atoms with van der Waals surface area (Å²) in [4.78, 5) is 24.2. The van der Waals surface area contributed by atoms with E-state index in [9.17, 15) is 14.7 Å². The maximum Gasteiger partial charge on any atom is 0.283 e. The van der Waals surface area contributed by atoms with E-state index < -0.39 is 5.91 Å². The van der Waals surface area contributed by atoms with Gasteiger partial charge in [0.2, 0.25) is 11.8 Å². The maximum absolute atomic E-state index is 12.2. The number of hydrogen-bond donors (Lipinski definition) is 2. The first-order valence-corrected chi connectivity index (χ1v) is 10.7.